The Balaban J connectivity index is 2.54. The molecule has 0 aromatic carbocycles. The molecule has 0 fully saturated rings. The van der Waals surface area contributed by atoms with E-state index < -0.39 is 5.97 Å². The fraction of sp³-hybridized carbons (Fsp3) is 0.462. The van der Waals surface area contributed by atoms with Crippen LogP contribution in [0.5, 0.6) is 0 Å². The van der Waals surface area contributed by atoms with E-state index in [1.54, 1.807) is 31.4 Å². The van der Waals surface area contributed by atoms with Gasteiger partial charge < -0.3 is 15.0 Å². The van der Waals surface area contributed by atoms with Crippen molar-refractivity contribution < 1.29 is 19.1 Å². The summed E-state index contributed by atoms with van der Waals surface area (Å²) in [4.78, 5) is 36.9. The van der Waals surface area contributed by atoms with Crippen molar-refractivity contribution in [3.63, 3.8) is 0 Å². The molecule has 0 aliphatic rings. The van der Waals surface area contributed by atoms with Crippen LogP contribution in [0, 0.1) is 0 Å². The van der Waals surface area contributed by atoms with Crippen LogP contribution in [0.4, 0.5) is 0 Å². The lowest BCUT2D eigenvalue weighted by Crippen LogP contribution is -2.46. The molecule has 1 heterocycles. The van der Waals surface area contributed by atoms with Gasteiger partial charge in [-0.25, -0.2) is 0 Å². The minimum atomic E-state index is -0.489. The normalized spacial score (nSPS) is 10.2. The Morgan fingerprint density at radius 3 is 2.60 bits per heavy atom. The highest BCUT2D eigenvalue weighted by molar-refractivity contribution is 7.12. The van der Waals surface area contributed by atoms with Crippen LogP contribution in [-0.4, -0.2) is 48.9 Å². The number of rotatable bonds is 6. The molecule has 7 heteroatoms. The van der Waals surface area contributed by atoms with Crippen LogP contribution in [0.3, 0.4) is 0 Å². The molecule has 0 saturated heterocycles. The zero-order valence-electron chi connectivity index (χ0n) is 11.7. The summed E-state index contributed by atoms with van der Waals surface area (Å²) in [5, 5.41) is 4.33. The number of nitrogens with one attached hydrogen (secondary N) is 1. The van der Waals surface area contributed by atoms with E-state index in [4.69, 9.17) is 0 Å². The molecule has 0 spiro atoms. The predicted octanol–water partition coefficient (Wildman–Crippen LogP) is 0.888. The van der Waals surface area contributed by atoms with E-state index in [0.717, 1.165) is 0 Å². The lowest BCUT2D eigenvalue weighted by atomic mass is 10.3. The van der Waals surface area contributed by atoms with Gasteiger partial charge in [0, 0.05) is 6.04 Å². The third-order valence-electron chi connectivity index (χ3n) is 2.62. The van der Waals surface area contributed by atoms with Crippen molar-refractivity contribution in [1.82, 2.24) is 10.2 Å². The maximum absolute atomic E-state index is 12.0. The van der Waals surface area contributed by atoms with Crippen molar-refractivity contribution in [1.29, 1.82) is 0 Å². The van der Waals surface area contributed by atoms with Gasteiger partial charge in [-0.15, -0.1) is 11.3 Å². The van der Waals surface area contributed by atoms with Gasteiger partial charge in [-0.1, -0.05) is 6.07 Å². The molecule has 0 aliphatic heterocycles. The zero-order valence-corrected chi connectivity index (χ0v) is 12.5. The van der Waals surface area contributed by atoms with Gasteiger partial charge in [-0.05, 0) is 25.3 Å². The average Bonchev–Trinajstić information content (AvgIpc) is 2.95. The van der Waals surface area contributed by atoms with Crippen LogP contribution in [0.15, 0.2) is 17.5 Å². The van der Waals surface area contributed by atoms with E-state index in [0.29, 0.717) is 4.88 Å². The second kappa shape index (κ2) is 7.64. The summed E-state index contributed by atoms with van der Waals surface area (Å²) in [5.74, 6) is -1.11. The molecule has 0 aliphatic carbocycles. The Hall–Kier alpha value is -1.89. The molecule has 2 amide bonds. The SMILES string of the molecule is COC(=O)CN(C(=O)CNC(=O)c1cccs1)C(C)C. The molecule has 0 saturated carbocycles. The van der Waals surface area contributed by atoms with Crippen LogP contribution in [0.2, 0.25) is 0 Å². The first-order chi connectivity index (χ1) is 9.45. The summed E-state index contributed by atoms with van der Waals surface area (Å²) in [6.07, 6.45) is 0. The number of nitrogens with zero attached hydrogens (tertiary/aromatic N) is 1. The molecular formula is C13H18N2O4S. The van der Waals surface area contributed by atoms with Crippen molar-refractivity contribution in [2.45, 2.75) is 19.9 Å². The standard InChI is InChI=1S/C13H18N2O4S/c1-9(2)15(8-12(17)19-3)11(16)7-14-13(18)10-5-4-6-20-10/h4-6,9H,7-8H2,1-3H3,(H,14,18). The molecule has 1 aromatic heterocycles. The number of thiophene rings is 1. The van der Waals surface area contributed by atoms with Crippen LogP contribution in [0.1, 0.15) is 23.5 Å². The Morgan fingerprint density at radius 1 is 1.40 bits per heavy atom. The van der Waals surface area contributed by atoms with E-state index in [-0.39, 0.29) is 30.9 Å². The number of ether oxygens (including phenoxy) is 1. The number of methoxy groups -OCH3 is 1. The number of hydrogen-bond donors (Lipinski definition) is 1. The van der Waals surface area contributed by atoms with E-state index in [9.17, 15) is 14.4 Å². The minimum Gasteiger partial charge on any atom is -0.468 e. The molecule has 0 bridgehead atoms. The number of hydrogen-bond acceptors (Lipinski definition) is 5. The van der Waals surface area contributed by atoms with Crippen molar-refractivity contribution in [2.75, 3.05) is 20.2 Å². The molecule has 20 heavy (non-hydrogen) atoms. The van der Waals surface area contributed by atoms with Crippen molar-refractivity contribution in [3.05, 3.63) is 22.4 Å². The molecule has 0 unspecified atom stereocenters. The third-order valence-corrected chi connectivity index (χ3v) is 3.48. The monoisotopic (exact) mass is 298 g/mol. The molecule has 6 nitrogen and oxygen atoms in total. The smallest absolute Gasteiger partial charge is 0.325 e. The van der Waals surface area contributed by atoms with E-state index in [2.05, 4.69) is 10.1 Å². The third kappa shape index (κ3) is 4.65. The number of esters is 1. The Kier molecular flexibility index (Phi) is 6.17. The highest BCUT2D eigenvalue weighted by atomic mass is 32.1. The predicted molar refractivity (Wildman–Crippen MR) is 75.5 cm³/mol. The van der Waals surface area contributed by atoms with Crippen LogP contribution in [-0.2, 0) is 14.3 Å². The first-order valence-corrected chi connectivity index (χ1v) is 7.01. The van der Waals surface area contributed by atoms with E-state index in [1.807, 2.05) is 0 Å². The highest BCUT2D eigenvalue weighted by Gasteiger charge is 2.21. The van der Waals surface area contributed by atoms with Gasteiger partial charge in [0.15, 0.2) is 0 Å². The fourth-order valence-corrected chi connectivity index (χ4v) is 2.15. The molecule has 1 aromatic rings. The quantitative estimate of drug-likeness (QED) is 0.791. The van der Waals surface area contributed by atoms with Crippen LogP contribution < -0.4 is 5.32 Å². The van der Waals surface area contributed by atoms with Gasteiger partial charge >= 0.3 is 5.97 Å². The Morgan fingerprint density at radius 2 is 2.10 bits per heavy atom. The fourth-order valence-electron chi connectivity index (χ4n) is 1.51. The Labute approximate surface area is 121 Å². The zero-order chi connectivity index (χ0) is 15.1. The van der Waals surface area contributed by atoms with Crippen LogP contribution in [0.25, 0.3) is 0 Å². The van der Waals surface area contributed by atoms with Gasteiger partial charge in [0.2, 0.25) is 5.91 Å². The highest BCUT2D eigenvalue weighted by Crippen LogP contribution is 2.07. The van der Waals surface area contributed by atoms with E-state index >= 15 is 0 Å². The van der Waals surface area contributed by atoms with Gasteiger partial charge in [0.05, 0.1) is 18.5 Å². The molecular weight excluding hydrogens is 280 g/mol. The molecule has 0 atom stereocenters. The van der Waals surface area contributed by atoms with Crippen molar-refractivity contribution in [3.8, 4) is 0 Å². The second-order valence-electron chi connectivity index (χ2n) is 4.35. The summed E-state index contributed by atoms with van der Waals surface area (Å²) in [6.45, 7) is 3.32. The molecule has 1 N–H and O–H groups in total. The first-order valence-electron chi connectivity index (χ1n) is 6.13. The first kappa shape index (κ1) is 16.2. The maximum atomic E-state index is 12.0. The van der Waals surface area contributed by atoms with Crippen LogP contribution >= 0.6 is 11.3 Å². The summed E-state index contributed by atoms with van der Waals surface area (Å²) < 4.78 is 4.55. The second-order valence-corrected chi connectivity index (χ2v) is 5.30. The number of amides is 2. The maximum Gasteiger partial charge on any atom is 0.325 e. The van der Waals surface area contributed by atoms with Crippen molar-refractivity contribution in [2.24, 2.45) is 0 Å². The molecule has 1 rings (SSSR count). The van der Waals surface area contributed by atoms with E-state index in [1.165, 1.54) is 23.3 Å². The van der Waals surface area contributed by atoms with Gasteiger partial charge in [-0.3, -0.25) is 14.4 Å². The lowest BCUT2D eigenvalue weighted by molar-refractivity contribution is -0.147. The average molecular weight is 298 g/mol. The van der Waals surface area contributed by atoms with Crippen molar-refractivity contribution >= 4 is 29.1 Å². The summed E-state index contributed by atoms with van der Waals surface area (Å²) in [5.41, 5.74) is 0. The summed E-state index contributed by atoms with van der Waals surface area (Å²) >= 11 is 1.30. The topological polar surface area (TPSA) is 75.7 Å². The molecule has 110 valence electrons. The molecule has 0 radical (unpaired) electrons. The summed E-state index contributed by atoms with van der Waals surface area (Å²) in [6, 6.07) is 3.29. The van der Waals surface area contributed by atoms with Gasteiger partial charge in [-0.2, -0.15) is 0 Å². The summed E-state index contributed by atoms with van der Waals surface area (Å²) in [7, 11) is 1.27. The van der Waals surface area contributed by atoms with Gasteiger partial charge in [0.25, 0.3) is 5.91 Å². The lowest BCUT2D eigenvalue weighted by Gasteiger charge is -2.25. The Bertz CT molecular complexity index is 471. The number of carbonyl (C=O) groups is 3. The van der Waals surface area contributed by atoms with Gasteiger partial charge in [0.1, 0.15) is 6.54 Å². The number of carbonyl (C=O) groups excluding carboxylic acids is 3. The minimum absolute atomic E-state index is 0.123. The largest absolute Gasteiger partial charge is 0.468 e.